The molecular weight excluding hydrogens is 352 g/mol. The third-order valence-corrected chi connectivity index (χ3v) is 5.66. The van der Waals surface area contributed by atoms with Crippen LogP contribution in [0.2, 0.25) is 0 Å². The predicted octanol–water partition coefficient (Wildman–Crippen LogP) is 3.85. The Hall–Kier alpha value is -2.99. The maximum atomic E-state index is 12.8. The summed E-state index contributed by atoms with van der Waals surface area (Å²) in [6.45, 7) is 3.91. The molecule has 28 heavy (non-hydrogen) atoms. The van der Waals surface area contributed by atoms with E-state index in [2.05, 4.69) is 21.9 Å². The number of rotatable bonds is 2. The lowest BCUT2D eigenvalue weighted by Crippen LogP contribution is -2.30. The first-order valence-electron chi connectivity index (χ1n) is 9.67. The quantitative estimate of drug-likeness (QED) is 0.577. The number of nitrogens with one attached hydrogen (secondary N) is 1. The third kappa shape index (κ3) is 2.99. The zero-order valence-electron chi connectivity index (χ0n) is 16.0. The van der Waals surface area contributed by atoms with E-state index >= 15 is 0 Å². The summed E-state index contributed by atoms with van der Waals surface area (Å²) in [6.07, 6.45) is 2.05. The first kappa shape index (κ1) is 17.1. The SMILES string of the molecule is Cc1nc2ccc(-c3ccc4nc(C5CCN(C)CC5)[nH]c(=O)c4c3)cc2o1. The molecule has 0 saturated carbocycles. The van der Waals surface area contributed by atoms with Crippen molar-refractivity contribution in [1.29, 1.82) is 0 Å². The molecule has 142 valence electrons. The Kier molecular flexibility index (Phi) is 4.02. The van der Waals surface area contributed by atoms with Crippen LogP contribution >= 0.6 is 0 Å². The molecular formula is C22H22N4O2. The largest absolute Gasteiger partial charge is 0.441 e. The van der Waals surface area contributed by atoms with Gasteiger partial charge in [-0.3, -0.25) is 4.79 Å². The zero-order chi connectivity index (χ0) is 19.3. The van der Waals surface area contributed by atoms with Crippen molar-refractivity contribution in [2.24, 2.45) is 0 Å². The number of oxazole rings is 1. The second-order valence-electron chi connectivity index (χ2n) is 7.68. The van der Waals surface area contributed by atoms with E-state index in [4.69, 9.17) is 9.40 Å². The molecule has 2 aromatic carbocycles. The molecule has 3 heterocycles. The third-order valence-electron chi connectivity index (χ3n) is 5.66. The minimum Gasteiger partial charge on any atom is -0.441 e. The molecule has 0 unspecified atom stereocenters. The fraction of sp³-hybridized carbons (Fsp3) is 0.318. The van der Waals surface area contributed by atoms with Crippen molar-refractivity contribution in [3.8, 4) is 11.1 Å². The van der Waals surface area contributed by atoms with Gasteiger partial charge in [-0.2, -0.15) is 0 Å². The Morgan fingerprint density at radius 2 is 1.75 bits per heavy atom. The summed E-state index contributed by atoms with van der Waals surface area (Å²) < 4.78 is 5.64. The summed E-state index contributed by atoms with van der Waals surface area (Å²) >= 11 is 0. The molecule has 0 amide bonds. The number of nitrogens with zero attached hydrogens (tertiary/aromatic N) is 3. The van der Waals surface area contributed by atoms with Crippen molar-refractivity contribution in [1.82, 2.24) is 19.9 Å². The Balaban J connectivity index is 1.54. The van der Waals surface area contributed by atoms with Crippen molar-refractivity contribution in [2.75, 3.05) is 20.1 Å². The number of hydrogen-bond acceptors (Lipinski definition) is 5. The lowest BCUT2D eigenvalue weighted by molar-refractivity contribution is 0.251. The second-order valence-corrected chi connectivity index (χ2v) is 7.68. The Morgan fingerprint density at radius 1 is 1.04 bits per heavy atom. The van der Waals surface area contributed by atoms with Crippen LogP contribution in [0.5, 0.6) is 0 Å². The van der Waals surface area contributed by atoms with Gasteiger partial charge in [0, 0.05) is 12.8 Å². The Labute approximate surface area is 162 Å². The van der Waals surface area contributed by atoms with Crippen molar-refractivity contribution in [2.45, 2.75) is 25.7 Å². The van der Waals surface area contributed by atoms with Gasteiger partial charge < -0.3 is 14.3 Å². The molecule has 6 heteroatoms. The van der Waals surface area contributed by atoms with Gasteiger partial charge in [-0.25, -0.2) is 9.97 Å². The van der Waals surface area contributed by atoms with E-state index in [1.165, 1.54) is 0 Å². The molecule has 1 aliphatic rings. The molecule has 2 aromatic heterocycles. The van der Waals surface area contributed by atoms with Crippen molar-refractivity contribution in [3.05, 3.63) is 58.5 Å². The molecule has 0 aliphatic carbocycles. The number of aromatic amines is 1. The number of hydrogen-bond donors (Lipinski definition) is 1. The number of aryl methyl sites for hydroxylation is 1. The highest BCUT2D eigenvalue weighted by molar-refractivity contribution is 5.86. The topological polar surface area (TPSA) is 75.0 Å². The van der Waals surface area contributed by atoms with Crippen LogP contribution in [0, 0.1) is 6.92 Å². The van der Waals surface area contributed by atoms with Gasteiger partial charge in [-0.1, -0.05) is 12.1 Å². The van der Waals surface area contributed by atoms with Gasteiger partial charge in [0.15, 0.2) is 11.5 Å². The summed E-state index contributed by atoms with van der Waals surface area (Å²) in [5.41, 5.74) is 4.21. The van der Waals surface area contributed by atoms with Crippen LogP contribution in [0.1, 0.15) is 30.5 Å². The lowest BCUT2D eigenvalue weighted by Gasteiger charge is -2.28. The van der Waals surface area contributed by atoms with E-state index < -0.39 is 0 Å². The number of benzene rings is 2. The van der Waals surface area contributed by atoms with Gasteiger partial charge in [0.1, 0.15) is 11.3 Å². The molecule has 0 bridgehead atoms. The van der Waals surface area contributed by atoms with E-state index in [0.29, 0.717) is 17.2 Å². The average molecular weight is 374 g/mol. The maximum absolute atomic E-state index is 12.8. The molecule has 1 N–H and O–H groups in total. The number of piperidine rings is 1. The molecule has 0 radical (unpaired) electrons. The molecule has 6 nitrogen and oxygen atoms in total. The Morgan fingerprint density at radius 3 is 2.54 bits per heavy atom. The standard InChI is InChI=1S/C22H22N4O2/c1-13-23-19-6-4-16(12-20(19)28-13)15-3-5-18-17(11-15)22(27)25-21(24-18)14-7-9-26(2)10-8-14/h3-6,11-12,14H,7-10H2,1-2H3,(H,24,25,27). The van der Waals surface area contributed by atoms with Gasteiger partial charge in [0.2, 0.25) is 0 Å². The fourth-order valence-corrected chi connectivity index (χ4v) is 4.03. The monoisotopic (exact) mass is 374 g/mol. The number of aromatic nitrogens is 3. The summed E-state index contributed by atoms with van der Waals surface area (Å²) in [5, 5.41) is 0.614. The van der Waals surface area contributed by atoms with E-state index in [-0.39, 0.29) is 5.56 Å². The van der Waals surface area contributed by atoms with E-state index in [9.17, 15) is 4.79 Å². The van der Waals surface area contributed by atoms with E-state index in [1.54, 1.807) is 0 Å². The highest BCUT2D eigenvalue weighted by Crippen LogP contribution is 2.28. The number of likely N-dealkylation sites (tertiary alicyclic amines) is 1. The van der Waals surface area contributed by atoms with Crippen LogP contribution in [-0.4, -0.2) is 40.0 Å². The van der Waals surface area contributed by atoms with Gasteiger partial charge >= 0.3 is 0 Å². The van der Waals surface area contributed by atoms with Crippen LogP contribution in [0.15, 0.2) is 45.6 Å². The van der Waals surface area contributed by atoms with Crippen LogP contribution in [0.3, 0.4) is 0 Å². The number of H-pyrrole nitrogens is 1. The van der Waals surface area contributed by atoms with Crippen molar-refractivity contribution >= 4 is 22.0 Å². The highest BCUT2D eigenvalue weighted by Gasteiger charge is 2.21. The van der Waals surface area contributed by atoms with E-state index in [1.807, 2.05) is 43.3 Å². The zero-order valence-corrected chi connectivity index (χ0v) is 16.0. The van der Waals surface area contributed by atoms with Gasteiger partial charge in [-0.15, -0.1) is 0 Å². The smallest absolute Gasteiger partial charge is 0.258 e. The van der Waals surface area contributed by atoms with Crippen molar-refractivity contribution in [3.63, 3.8) is 0 Å². The van der Waals surface area contributed by atoms with Crippen LogP contribution in [-0.2, 0) is 0 Å². The lowest BCUT2D eigenvalue weighted by atomic mass is 9.96. The summed E-state index contributed by atoms with van der Waals surface area (Å²) in [4.78, 5) is 27.2. The summed E-state index contributed by atoms with van der Waals surface area (Å²) in [7, 11) is 2.13. The normalized spacial score (nSPS) is 16.2. The molecule has 0 spiro atoms. The molecule has 0 atom stereocenters. The molecule has 5 rings (SSSR count). The minimum atomic E-state index is -0.0719. The summed E-state index contributed by atoms with van der Waals surface area (Å²) in [6, 6.07) is 11.8. The van der Waals surface area contributed by atoms with Crippen molar-refractivity contribution < 1.29 is 4.42 Å². The van der Waals surface area contributed by atoms with E-state index in [0.717, 1.165) is 59.5 Å². The second kappa shape index (κ2) is 6.56. The average Bonchev–Trinajstić information content (AvgIpc) is 3.07. The molecule has 1 saturated heterocycles. The minimum absolute atomic E-state index is 0.0719. The first-order valence-corrected chi connectivity index (χ1v) is 9.67. The molecule has 4 aromatic rings. The first-order chi connectivity index (χ1) is 13.6. The molecule has 1 fully saturated rings. The predicted molar refractivity (Wildman–Crippen MR) is 110 cm³/mol. The Bertz CT molecular complexity index is 1230. The van der Waals surface area contributed by atoms with Crippen LogP contribution in [0.4, 0.5) is 0 Å². The maximum Gasteiger partial charge on any atom is 0.258 e. The highest BCUT2D eigenvalue weighted by atomic mass is 16.3. The molecule has 1 aliphatic heterocycles. The van der Waals surface area contributed by atoms with Gasteiger partial charge in [0.25, 0.3) is 5.56 Å². The fourth-order valence-electron chi connectivity index (χ4n) is 4.03. The number of fused-ring (bicyclic) bond motifs is 2. The van der Waals surface area contributed by atoms with Crippen LogP contribution < -0.4 is 5.56 Å². The van der Waals surface area contributed by atoms with Crippen LogP contribution in [0.25, 0.3) is 33.1 Å². The van der Waals surface area contributed by atoms with Gasteiger partial charge in [-0.05, 0) is 68.4 Å². The summed E-state index contributed by atoms with van der Waals surface area (Å²) in [5.74, 6) is 1.79. The van der Waals surface area contributed by atoms with Gasteiger partial charge in [0.05, 0.1) is 10.9 Å².